The zero-order valence-electron chi connectivity index (χ0n) is 14.9. The molecule has 1 heterocycles. The molecular formula is C21H17ClN2O3S. The van der Waals surface area contributed by atoms with Crippen LogP contribution in [0.15, 0.2) is 66.8 Å². The minimum atomic E-state index is -0.545. The van der Waals surface area contributed by atoms with E-state index in [4.69, 9.17) is 28.6 Å². The lowest BCUT2D eigenvalue weighted by Gasteiger charge is -2.27. The lowest BCUT2D eigenvalue weighted by molar-refractivity contribution is -0.128. The predicted octanol–water partition coefficient (Wildman–Crippen LogP) is 3.73. The first-order valence-corrected chi connectivity index (χ1v) is 9.25. The minimum Gasteiger partial charge on any atom is -0.488 e. The van der Waals surface area contributed by atoms with E-state index in [1.165, 1.54) is 11.0 Å². The number of nitrogens with zero attached hydrogens (tertiary/aromatic N) is 1. The first kappa shape index (κ1) is 19.8. The van der Waals surface area contributed by atoms with E-state index in [0.717, 1.165) is 5.56 Å². The van der Waals surface area contributed by atoms with Crippen molar-refractivity contribution < 1.29 is 14.3 Å². The highest BCUT2D eigenvalue weighted by Crippen LogP contribution is 2.25. The summed E-state index contributed by atoms with van der Waals surface area (Å²) < 4.78 is 5.88. The van der Waals surface area contributed by atoms with E-state index in [9.17, 15) is 9.59 Å². The van der Waals surface area contributed by atoms with Crippen LogP contribution in [-0.2, 0) is 16.2 Å². The molecule has 1 N–H and O–H groups in total. The van der Waals surface area contributed by atoms with Gasteiger partial charge >= 0.3 is 0 Å². The summed E-state index contributed by atoms with van der Waals surface area (Å²) >= 11 is 11.2. The number of carbonyl (C=O) groups excluding carboxylic acids is 2. The number of hydrogen-bond donors (Lipinski definition) is 1. The molecule has 5 nitrogen and oxygen atoms in total. The van der Waals surface area contributed by atoms with Gasteiger partial charge in [0, 0.05) is 22.7 Å². The lowest BCUT2D eigenvalue weighted by Crippen LogP contribution is -2.53. The Morgan fingerprint density at radius 2 is 1.86 bits per heavy atom. The van der Waals surface area contributed by atoms with Crippen molar-refractivity contribution in [2.75, 3.05) is 6.54 Å². The molecule has 1 fully saturated rings. The van der Waals surface area contributed by atoms with Crippen molar-refractivity contribution in [3.05, 3.63) is 82.9 Å². The Morgan fingerprint density at radius 1 is 1.14 bits per heavy atom. The summed E-state index contributed by atoms with van der Waals surface area (Å²) in [5, 5.41) is 3.19. The summed E-state index contributed by atoms with van der Waals surface area (Å²) in [5.41, 5.74) is 1.41. The van der Waals surface area contributed by atoms with Crippen molar-refractivity contribution in [1.82, 2.24) is 10.2 Å². The van der Waals surface area contributed by atoms with Gasteiger partial charge in [-0.3, -0.25) is 19.8 Å². The van der Waals surface area contributed by atoms with Crippen LogP contribution in [0.2, 0.25) is 5.02 Å². The SMILES string of the molecule is C=CCN1C(=O)C(=Cc2ccccc2OCc2ccccc2Cl)C(=O)NC1=S. The van der Waals surface area contributed by atoms with Crippen LogP contribution in [0, 0.1) is 0 Å². The molecular weight excluding hydrogens is 396 g/mol. The van der Waals surface area contributed by atoms with Crippen molar-refractivity contribution in [3.63, 3.8) is 0 Å². The maximum absolute atomic E-state index is 12.7. The van der Waals surface area contributed by atoms with Gasteiger partial charge in [0.05, 0.1) is 0 Å². The fourth-order valence-electron chi connectivity index (χ4n) is 2.65. The van der Waals surface area contributed by atoms with Gasteiger partial charge in [0.15, 0.2) is 5.11 Å². The average molecular weight is 413 g/mol. The third-order valence-electron chi connectivity index (χ3n) is 4.06. The molecule has 1 aliphatic heterocycles. The predicted molar refractivity (Wildman–Crippen MR) is 113 cm³/mol. The summed E-state index contributed by atoms with van der Waals surface area (Å²) in [6.45, 7) is 4.07. The number of benzene rings is 2. The van der Waals surface area contributed by atoms with Gasteiger partial charge in [-0.05, 0) is 30.4 Å². The monoisotopic (exact) mass is 412 g/mol. The second kappa shape index (κ2) is 8.82. The number of carbonyl (C=O) groups is 2. The highest BCUT2D eigenvalue weighted by Gasteiger charge is 2.32. The molecule has 142 valence electrons. The average Bonchev–Trinajstić information content (AvgIpc) is 2.68. The van der Waals surface area contributed by atoms with E-state index >= 15 is 0 Å². The van der Waals surface area contributed by atoms with E-state index in [1.807, 2.05) is 24.3 Å². The molecule has 3 rings (SSSR count). The highest BCUT2D eigenvalue weighted by molar-refractivity contribution is 7.80. The molecule has 1 aliphatic rings. The molecule has 0 aromatic heterocycles. The number of rotatable bonds is 6. The number of para-hydroxylation sites is 1. The zero-order valence-corrected chi connectivity index (χ0v) is 16.4. The van der Waals surface area contributed by atoms with Crippen LogP contribution in [0.25, 0.3) is 6.08 Å². The van der Waals surface area contributed by atoms with Crippen LogP contribution in [0.3, 0.4) is 0 Å². The number of halogens is 1. The quantitative estimate of drug-likeness (QED) is 0.340. The normalized spacial score (nSPS) is 15.5. The molecule has 1 saturated heterocycles. The van der Waals surface area contributed by atoms with Gasteiger partial charge < -0.3 is 4.74 Å². The van der Waals surface area contributed by atoms with Crippen molar-refractivity contribution in [2.24, 2.45) is 0 Å². The van der Waals surface area contributed by atoms with Crippen molar-refractivity contribution in [1.29, 1.82) is 0 Å². The van der Waals surface area contributed by atoms with Crippen molar-refractivity contribution in [3.8, 4) is 5.75 Å². The molecule has 0 atom stereocenters. The fourth-order valence-corrected chi connectivity index (χ4v) is 3.09. The van der Waals surface area contributed by atoms with Gasteiger partial charge in [-0.25, -0.2) is 0 Å². The third kappa shape index (κ3) is 4.30. The Labute approximate surface area is 173 Å². The molecule has 0 spiro atoms. The molecule has 7 heteroatoms. The summed E-state index contributed by atoms with van der Waals surface area (Å²) in [5.74, 6) is -0.496. The molecule has 0 aliphatic carbocycles. The minimum absolute atomic E-state index is 0.0238. The van der Waals surface area contributed by atoms with Gasteiger partial charge in [0.1, 0.15) is 17.9 Å². The number of nitrogens with one attached hydrogen (secondary N) is 1. The van der Waals surface area contributed by atoms with Crippen LogP contribution in [0.1, 0.15) is 11.1 Å². The molecule has 28 heavy (non-hydrogen) atoms. The molecule has 2 aromatic rings. The zero-order chi connectivity index (χ0) is 20.1. The van der Waals surface area contributed by atoms with Crippen molar-refractivity contribution >= 4 is 46.8 Å². The summed E-state index contributed by atoms with van der Waals surface area (Å²) in [4.78, 5) is 26.3. The Morgan fingerprint density at radius 3 is 2.61 bits per heavy atom. The summed E-state index contributed by atoms with van der Waals surface area (Å²) in [7, 11) is 0. The molecule has 2 aromatic carbocycles. The molecule has 0 saturated carbocycles. The lowest BCUT2D eigenvalue weighted by atomic mass is 10.1. The Bertz CT molecular complexity index is 987. The molecule has 0 bridgehead atoms. The first-order chi connectivity index (χ1) is 13.5. The van der Waals surface area contributed by atoms with Gasteiger partial charge in [0.2, 0.25) is 0 Å². The summed E-state index contributed by atoms with van der Waals surface area (Å²) in [6.07, 6.45) is 3.04. The van der Waals surface area contributed by atoms with Crippen LogP contribution in [-0.4, -0.2) is 28.4 Å². The topological polar surface area (TPSA) is 58.6 Å². The first-order valence-electron chi connectivity index (χ1n) is 8.46. The largest absolute Gasteiger partial charge is 0.488 e. The van der Waals surface area contributed by atoms with Crippen LogP contribution >= 0.6 is 23.8 Å². The molecule has 2 amide bonds. The van der Waals surface area contributed by atoms with Crippen molar-refractivity contribution in [2.45, 2.75) is 6.61 Å². The Hall–Kier alpha value is -2.96. The second-order valence-corrected chi connectivity index (χ2v) is 6.73. The number of thiocarbonyl (C=S) groups is 1. The summed E-state index contributed by atoms with van der Waals surface area (Å²) in [6, 6.07) is 14.5. The van der Waals surface area contributed by atoms with Crippen LogP contribution < -0.4 is 10.1 Å². The maximum atomic E-state index is 12.7. The Balaban J connectivity index is 1.88. The van der Waals surface area contributed by atoms with E-state index in [2.05, 4.69) is 11.9 Å². The van der Waals surface area contributed by atoms with Crippen LogP contribution in [0.5, 0.6) is 5.75 Å². The molecule has 0 radical (unpaired) electrons. The maximum Gasteiger partial charge on any atom is 0.265 e. The van der Waals surface area contributed by atoms with E-state index in [1.54, 1.807) is 30.3 Å². The number of amides is 2. The van der Waals surface area contributed by atoms with E-state index < -0.39 is 11.8 Å². The number of hydrogen-bond acceptors (Lipinski definition) is 4. The van der Waals surface area contributed by atoms with Gasteiger partial charge in [-0.15, -0.1) is 6.58 Å². The van der Waals surface area contributed by atoms with Gasteiger partial charge in [-0.2, -0.15) is 0 Å². The van der Waals surface area contributed by atoms with Crippen LogP contribution in [0.4, 0.5) is 0 Å². The van der Waals surface area contributed by atoms with E-state index in [-0.39, 0.29) is 23.8 Å². The van der Waals surface area contributed by atoms with Gasteiger partial charge in [-0.1, -0.05) is 54.1 Å². The highest BCUT2D eigenvalue weighted by atomic mass is 35.5. The standard InChI is InChI=1S/C21H17ClN2O3S/c1-2-11-24-20(26)16(19(25)23-21(24)28)12-14-7-4-6-10-18(14)27-13-15-8-3-5-9-17(15)22/h2-10,12H,1,11,13H2,(H,23,25,28). The van der Waals surface area contributed by atoms with E-state index in [0.29, 0.717) is 16.3 Å². The second-order valence-electron chi connectivity index (χ2n) is 5.94. The van der Waals surface area contributed by atoms with Gasteiger partial charge in [0.25, 0.3) is 11.8 Å². The fraction of sp³-hybridized carbons (Fsp3) is 0.0952. The Kier molecular flexibility index (Phi) is 6.23. The third-order valence-corrected chi connectivity index (χ3v) is 4.75. The smallest absolute Gasteiger partial charge is 0.265 e. The number of ether oxygens (including phenoxy) is 1. The molecule has 0 unspecified atom stereocenters.